The van der Waals surface area contributed by atoms with Gasteiger partial charge in [-0.3, -0.25) is 0 Å². The third kappa shape index (κ3) is 7.32. The Labute approximate surface area is 132 Å². The Morgan fingerprint density at radius 3 is 2.39 bits per heavy atom. The van der Waals surface area contributed by atoms with Gasteiger partial charge in [-0.05, 0) is 51.0 Å². The Balaban J connectivity index is 2.63. The quantitative estimate of drug-likeness (QED) is 0.830. The lowest BCUT2D eigenvalue weighted by Crippen LogP contribution is -2.41. The number of ether oxygens (including phenoxy) is 1. The summed E-state index contributed by atoms with van der Waals surface area (Å²) in [5.74, 6) is -0.984. The first-order valence-corrected chi connectivity index (χ1v) is 6.96. The van der Waals surface area contributed by atoms with E-state index in [1.807, 2.05) is 0 Å². The summed E-state index contributed by atoms with van der Waals surface area (Å²) in [6.07, 6.45) is -5.32. The highest BCUT2D eigenvalue weighted by molar-refractivity contribution is 5.67. The lowest BCUT2D eigenvalue weighted by Gasteiger charge is -2.21. The predicted octanol–water partition coefficient (Wildman–Crippen LogP) is 3.24. The molecular weight excluding hydrogens is 316 g/mol. The molecule has 0 bridgehead atoms. The zero-order valence-electron chi connectivity index (χ0n) is 13.1. The molecule has 1 amide bonds. The first-order chi connectivity index (χ1) is 10.4. The zero-order valence-corrected chi connectivity index (χ0v) is 13.1. The van der Waals surface area contributed by atoms with Crippen molar-refractivity contribution >= 4 is 6.09 Å². The second-order valence-electron chi connectivity index (χ2n) is 6.19. The van der Waals surface area contributed by atoms with E-state index in [9.17, 15) is 22.4 Å². The number of carbonyl (C=O) groups excluding carboxylic acids is 1. The molecule has 0 spiro atoms. The summed E-state index contributed by atoms with van der Waals surface area (Å²) in [5.41, 5.74) is 4.12. The highest BCUT2D eigenvalue weighted by Crippen LogP contribution is 2.30. The Bertz CT molecular complexity index is 553. The summed E-state index contributed by atoms with van der Waals surface area (Å²) in [4.78, 5) is 11.5. The number of rotatable bonds is 4. The van der Waals surface area contributed by atoms with Crippen molar-refractivity contribution in [3.8, 4) is 0 Å². The van der Waals surface area contributed by atoms with Crippen LogP contribution in [0.25, 0.3) is 0 Å². The Morgan fingerprint density at radius 2 is 1.87 bits per heavy atom. The molecule has 0 aliphatic carbocycles. The number of hydrogen-bond acceptors (Lipinski definition) is 3. The standard InChI is InChI=1S/C15H20F4N2O2/c1-14(2,3)23-13(22)21-8-12(20)6-9-4-10(15(17,18)19)7-11(16)5-9/h4-5,7,12H,6,8,20H2,1-3H3,(H,21,22). The molecule has 0 aromatic heterocycles. The largest absolute Gasteiger partial charge is 0.444 e. The lowest BCUT2D eigenvalue weighted by atomic mass is 10.0. The summed E-state index contributed by atoms with van der Waals surface area (Å²) in [7, 11) is 0. The van der Waals surface area contributed by atoms with Gasteiger partial charge in [0.1, 0.15) is 11.4 Å². The van der Waals surface area contributed by atoms with Crippen molar-refractivity contribution in [2.24, 2.45) is 5.73 Å². The minimum atomic E-state index is -4.63. The van der Waals surface area contributed by atoms with Gasteiger partial charge in [-0.1, -0.05) is 0 Å². The maximum atomic E-state index is 13.3. The molecule has 0 saturated carbocycles. The maximum Gasteiger partial charge on any atom is 0.416 e. The van der Waals surface area contributed by atoms with Gasteiger partial charge in [-0.25, -0.2) is 9.18 Å². The smallest absolute Gasteiger partial charge is 0.416 e. The third-order valence-electron chi connectivity index (χ3n) is 2.69. The Morgan fingerprint density at radius 1 is 1.26 bits per heavy atom. The average molecular weight is 336 g/mol. The van der Waals surface area contributed by atoms with Crippen LogP contribution in [0.15, 0.2) is 18.2 Å². The number of alkyl halides is 3. The first kappa shape index (κ1) is 19.2. The molecule has 0 heterocycles. The van der Waals surface area contributed by atoms with Crippen molar-refractivity contribution in [2.75, 3.05) is 6.54 Å². The van der Waals surface area contributed by atoms with Crippen LogP contribution in [0, 0.1) is 5.82 Å². The maximum absolute atomic E-state index is 13.3. The van der Waals surface area contributed by atoms with Crippen LogP contribution in [-0.2, 0) is 17.3 Å². The third-order valence-corrected chi connectivity index (χ3v) is 2.69. The predicted molar refractivity (Wildman–Crippen MR) is 77.3 cm³/mol. The van der Waals surface area contributed by atoms with Crippen LogP contribution in [0.4, 0.5) is 22.4 Å². The Kier molecular flexibility index (Phi) is 5.98. The van der Waals surface area contributed by atoms with E-state index in [1.165, 1.54) is 0 Å². The van der Waals surface area contributed by atoms with Gasteiger partial charge < -0.3 is 15.8 Å². The molecule has 1 atom stereocenters. The van der Waals surface area contributed by atoms with Gasteiger partial charge in [0.15, 0.2) is 0 Å². The molecule has 0 saturated heterocycles. The summed E-state index contributed by atoms with van der Waals surface area (Å²) in [5, 5.41) is 2.42. The van der Waals surface area contributed by atoms with Gasteiger partial charge in [-0.2, -0.15) is 13.2 Å². The second kappa shape index (κ2) is 7.16. The number of carbonyl (C=O) groups is 1. The summed E-state index contributed by atoms with van der Waals surface area (Å²) >= 11 is 0. The average Bonchev–Trinajstić information content (AvgIpc) is 2.32. The van der Waals surface area contributed by atoms with Crippen LogP contribution >= 0.6 is 0 Å². The molecule has 1 aromatic rings. The topological polar surface area (TPSA) is 64.3 Å². The van der Waals surface area contributed by atoms with E-state index in [0.29, 0.717) is 6.07 Å². The molecule has 1 unspecified atom stereocenters. The molecule has 0 fully saturated rings. The van der Waals surface area contributed by atoms with Crippen molar-refractivity contribution < 1.29 is 27.1 Å². The van der Waals surface area contributed by atoms with Crippen LogP contribution in [0.2, 0.25) is 0 Å². The fourth-order valence-electron chi connectivity index (χ4n) is 1.84. The van der Waals surface area contributed by atoms with E-state index < -0.39 is 35.3 Å². The van der Waals surface area contributed by atoms with E-state index in [1.54, 1.807) is 20.8 Å². The molecule has 4 nitrogen and oxygen atoms in total. The molecule has 1 aromatic carbocycles. The molecule has 1 rings (SSSR count). The minimum Gasteiger partial charge on any atom is -0.444 e. The van der Waals surface area contributed by atoms with Crippen LogP contribution in [0.1, 0.15) is 31.9 Å². The highest BCUT2D eigenvalue weighted by atomic mass is 19.4. The van der Waals surface area contributed by atoms with Gasteiger partial charge in [0.05, 0.1) is 5.56 Å². The monoisotopic (exact) mass is 336 g/mol. The molecule has 0 aliphatic heterocycles. The van der Waals surface area contributed by atoms with Crippen molar-refractivity contribution in [1.29, 1.82) is 0 Å². The van der Waals surface area contributed by atoms with Crippen molar-refractivity contribution in [1.82, 2.24) is 5.32 Å². The van der Waals surface area contributed by atoms with Gasteiger partial charge in [0.25, 0.3) is 0 Å². The normalized spacial score (nSPS) is 13.6. The van der Waals surface area contributed by atoms with E-state index in [2.05, 4.69) is 5.32 Å². The lowest BCUT2D eigenvalue weighted by molar-refractivity contribution is -0.137. The van der Waals surface area contributed by atoms with Crippen molar-refractivity contribution in [3.05, 3.63) is 35.1 Å². The number of alkyl carbamates (subject to hydrolysis) is 1. The van der Waals surface area contributed by atoms with Crippen molar-refractivity contribution in [3.63, 3.8) is 0 Å². The summed E-state index contributed by atoms with van der Waals surface area (Å²) in [6.45, 7) is 5.07. The fourth-order valence-corrected chi connectivity index (χ4v) is 1.84. The molecule has 0 aliphatic rings. The van der Waals surface area contributed by atoms with Crippen molar-refractivity contribution in [2.45, 2.75) is 45.0 Å². The van der Waals surface area contributed by atoms with Crippen LogP contribution < -0.4 is 11.1 Å². The molecule has 130 valence electrons. The number of nitrogens with one attached hydrogen (secondary N) is 1. The van der Waals surface area contributed by atoms with Crippen LogP contribution in [0.3, 0.4) is 0 Å². The second-order valence-corrected chi connectivity index (χ2v) is 6.19. The summed E-state index contributed by atoms with van der Waals surface area (Å²) < 4.78 is 56.2. The van der Waals surface area contributed by atoms with Crippen LogP contribution in [-0.4, -0.2) is 24.3 Å². The van der Waals surface area contributed by atoms with Gasteiger partial charge in [-0.15, -0.1) is 0 Å². The SMILES string of the molecule is CC(C)(C)OC(=O)NCC(N)Cc1cc(F)cc(C(F)(F)F)c1. The number of amides is 1. The number of halogens is 4. The molecule has 23 heavy (non-hydrogen) atoms. The number of benzene rings is 1. The number of hydrogen-bond donors (Lipinski definition) is 2. The minimum absolute atomic E-state index is 0.00716. The highest BCUT2D eigenvalue weighted by Gasteiger charge is 2.31. The summed E-state index contributed by atoms with van der Waals surface area (Å²) in [6, 6.07) is 1.58. The fraction of sp³-hybridized carbons (Fsp3) is 0.533. The molecular formula is C15H20F4N2O2. The molecule has 0 radical (unpaired) electrons. The van der Waals surface area contributed by atoms with Gasteiger partial charge in [0.2, 0.25) is 0 Å². The first-order valence-electron chi connectivity index (χ1n) is 6.96. The van der Waals surface area contributed by atoms with Gasteiger partial charge in [0, 0.05) is 12.6 Å². The zero-order chi connectivity index (χ0) is 17.8. The van der Waals surface area contributed by atoms with Crippen LogP contribution in [0.5, 0.6) is 0 Å². The van der Waals surface area contributed by atoms with E-state index >= 15 is 0 Å². The Hall–Kier alpha value is -1.83. The number of nitrogens with two attached hydrogens (primary N) is 1. The molecule has 8 heteroatoms. The molecule has 3 N–H and O–H groups in total. The van der Waals surface area contributed by atoms with Gasteiger partial charge >= 0.3 is 12.3 Å². The van der Waals surface area contributed by atoms with E-state index in [4.69, 9.17) is 10.5 Å². The van der Waals surface area contributed by atoms with E-state index in [-0.39, 0.29) is 18.5 Å². The van der Waals surface area contributed by atoms with E-state index in [0.717, 1.165) is 12.1 Å².